The fraction of sp³-hybridized carbons (Fsp3) is 0.462. The fourth-order valence-electron chi connectivity index (χ4n) is 1.60. The van der Waals surface area contributed by atoms with Gasteiger partial charge in [-0.25, -0.2) is 12.8 Å². The van der Waals surface area contributed by atoms with E-state index in [-0.39, 0.29) is 11.8 Å². The van der Waals surface area contributed by atoms with Crippen molar-refractivity contribution in [2.24, 2.45) is 0 Å². The van der Waals surface area contributed by atoms with E-state index in [0.29, 0.717) is 5.56 Å². The molecule has 0 saturated heterocycles. The molecular formula is C13H18FNO4S. The second kappa shape index (κ2) is 6.21. The lowest BCUT2D eigenvalue weighted by Gasteiger charge is -2.22. The van der Waals surface area contributed by atoms with Gasteiger partial charge in [-0.05, 0) is 44.5 Å². The lowest BCUT2D eigenvalue weighted by Crippen LogP contribution is -2.36. The molecule has 0 unspecified atom stereocenters. The van der Waals surface area contributed by atoms with Crippen LogP contribution in [0.1, 0.15) is 19.4 Å². The number of ether oxygens (including phenoxy) is 1. The smallest absolute Gasteiger partial charge is 0.327 e. The second-order valence-electron chi connectivity index (χ2n) is 4.74. The molecule has 0 amide bonds. The van der Waals surface area contributed by atoms with Gasteiger partial charge in [0.25, 0.3) is 0 Å². The van der Waals surface area contributed by atoms with Crippen LogP contribution in [0.15, 0.2) is 18.2 Å². The van der Waals surface area contributed by atoms with E-state index in [1.54, 1.807) is 13.8 Å². The maximum atomic E-state index is 13.2. The van der Waals surface area contributed by atoms with Crippen molar-refractivity contribution >= 4 is 21.7 Å². The Balaban J connectivity index is 3.08. The third kappa shape index (κ3) is 4.48. The number of aryl methyl sites for hydroxylation is 1. The van der Waals surface area contributed by atoms with Crippen LogP contribution in [0.25, 0.3) is 0 Å². The first-order chi connectivity index (χ1) is 9.11. The lowest BCUT2D eigenvalue weighted by atomic mass is 10.2. The van der Waals surface area contributed by atoms with Crippen molar-refractivity contribution in [1.82, 2.24) is 0 Å². The summed E-state index contributed by atoms with van der Waals surface area (Å²) in [7, 11) is -3.67. The Hall–Kier alpha value is -1.63. The molecular weight excluding hydrogens is 285 g/mol. The van der Waals surface area contributed by atoms with Crippen LogP contribution in [-0.4, -0.2) is 33.3 Å². The van der Waals surface area contributed by atoms with Crippen molar-refractivity contribution in [2.45, 2.75) is 26.9 Å². The highest BCUT2D eigenvalue weighted by Crippen LogP contribution is 2.20. The normalized spacial score (nSPS) is 11.5. The first-order valence-electron chi connectivity index (χ1n) is 6.04. The number of halogens is 1. The fourth-order valence-corrected chi connectivity index (χ4v) is 2.44. The van der Waals surface area contributed by atoms with E-state index >= 15 is 0 Å². The van der Waals surface area contributed by atoms with E-state index in [4.69, 9.17) is 4.74 Å². The van der Waals surface area contributed by atoms with Crippen LogP contribution >= 0.6 is 0 Å². The van der Waals surface area contributed by atoms with Gasteiger partial charge in [-0.2, -0.15) is 0 Å². The third-order valence-electron chi connectivity index (χ3n) is 2.47. The molecule has 20 heavy (non-hydrogen) atoms. The molecule has 0 fully saturated rings. The number of sulfonamides is 1. The molecule has 0 aromatic heterocycles. The zero-order valence-corrected chi connectivity index (χ0v) is 12.7. The van der Waals surface area contributed by atoms with Crippen LogP contribution in [-0.2, 0) is 19.6 Å². The van der Waals surface area contributed by atoms with Crippen LogP contribution in [0.5, 0.6) is 0 Å². The minimum Gasteiger partial charge on any atom is -0.462 e. The Morgan fingerprint density at radius 2 is 2.00 bits per heavy atom. The molecule has 1 rings (SSSR count). The number of esters is 1. The highest BCUT2D eigenvalue weighted by Gasteiger charge is 2.22. The molecule has 7 heteroatoms. The molecule has 0 saturated carbocycles. The molecule has 0 atom stereocenters. The molecule has 0 heterocycles. The largest absolute Gasteiger partial charge is 0.462 e. The summed E-state index contributed by atoms with van der Waals surface area (Å²) in [6.45, 7) is 4.42. The molecule has 112 valence electrons. The van der Waals surface area contributed by atoms with Crippen molar-refractivity contribution in [3.8, 4) is 0 Å². The maximum absolute atomic E-state index is 13.2. The minimum atomic E-state index is -3.67. The molecule has 1 aromatic rings. The highest BCUT2D eigenvalue weighted by atomic mass is 32.2. The van der Waals surface area contributed by atoms with E-state index < -0.39 is 28.4 Å². The summed E-state index contributed by atoms with van der Waals surface area (Å²) in [5.41, 5.74) is 0.528. The SMILES string of the molecule is Cc1cc(N(CC(=O)OC(C)C)S(C)(=O)=O)ccc1F. The summed E-state index contributed by atoms with van der Waals surface area (Å²) < 4.78 is 42.6. The van der Waals surface area contributed by atoms with Crippen molar-refractivity contribution in [2.75, 3.05) is 17.1 Å². The van der Waals surface area contributed by atoms with Crippen LogP contribution in [0.3, 0.4) is 0 Å². The Morgan fingerprint density at radius 1 is 1.40 bits per heavy atom. The van der Waals surface area contributed by atoms with E-state index in [1.165, 1.54) is 19.1 Å². The van der Waals surface area contributed by atoms with Crippen LogP contribution in [0.4, 0.5) is 10.1 Å². The zero-order valence-electron chi connectivity index (χ0n) is 11.9. The number of carbonyl (C=O) groups excluding carboxylic acids is 1. The van der Waals surface area contributed by atoms with Gasteiger partial charge in [0.05, 0.1) is 18.0 Å². The molecule has 1 aromatic carbocycles. The first-order valence-corrected chi connectivity index (χ1v) is 7.89. The van der Waals surface area contributed by atoms with Crippen LogP contribution < -0.4 is 4.31 Å². The number of anilines is 1. The van der Waals surface area contributed by atoms with Gasteiger partial charge in [0.2, 0.25) is 10.0 Å². The second-order valence-corrected chi connectivity index (χ2v) is 6.65. The predicted octanol–water partition coefficient (Wildman–Crippen LogP) is 1.85. The summed E-state index contributed by atoms with van der Waals surface area (Å²) in [4.78, 5) is 11.6. The van der Waals surface area contributed by atoms with Gasteiger partial charge >= 0.3 is 5.97 Å². The molecule has 0 radical (unpaired) electrons. The number of benzene rings is 1. The average Bonchev–Trinajstić information content (AvgIpc) is 2.27. The van der Waals surface area contributed by atoms with Gasteiger partial charge in [-0.3, -0.25) is 9.10 Å². The number of nitrogens with zero attached hydrogens (tertiary/aromatic N) is 1. The van der Waals surface area contributed by atoms with Crippen molar-refractivity contribution in [3.63, 3.8) is 0 Å². The van der Waals surface area contributed by atoms with E-state index in [9.17, 15) is 17.6 Å². The molecule has 0 aliphatic carbocycles. The molecule has 0 spiro atoms. The lowest BCUT2D eigenvalue weighted by molar-refractivity contribution is -0.145. The number of hydrogen-bond donors (Lipinski definition) is 0. The summed E-state index contributed by atoms with van der Waals surface area (Å²) in [5, 5.41) is 0. The third-order valence-corrected chi connectivity index (χ3v) is 3.61. The average molecular weight is 303 g/mol. The Kier molecular flexibility index (Phi) is 5.10. The summed E-state index contributed by atoms with van der Waals surface area (Å²) >= 11 is 0. The van der Waals surface area contributed by atoms with Crippen molar-refractivity contribution in [1.29, 1.82) is 0 Å². The maximum Gasteiger partial charge on any atom is 0.327 e. The van der Waals surface area contributed by atoms with Crippen molar-refractivity contribution < 1.29 is 22.3 Å². The quantitative estimate of drug-likeness (QED) is 0.779. The number of rotatable bonds is 5. The standard InChI is InChI=1S/C13H18FNO4S/c1-9(2)19-13(16)8-15(20(4,17)18)11-5-6-12(14)10(3)7-11/h5-7,9H,8H2,1-4H3. The minimum absolute atomic E-state index is 0.229. The van der Waals surface area contributed by atoms with Gasteiger partial charge in [0.1, 0.15) is 12.4 Å². The number of carbonyl (C=O) groups is 1. The molecule has 0 aliphatic heterocycles. The van der Waals surface area contributed by atoms with Crippen LogP contribution in [0.2, 0.25) is 0 Å². The first kappa shape index (κ1) is 16.4. The summed E-state index contributed by atoms with van der Waals surface area (Å²) in [5.74, 6) is -1.10. The highest BCUT2D eigenvalue weighted by molar-refractivity contribution is 7.92. The van der Waals surface area contributed by atoms with Crippen molar-refractivity contribution in [3.05, 3.63) is 29.6 Å². The summed E-state index contributed by atoms with van der Waals surface area (Å²) in [6, 6.07) is 3.85. The number of hydrogen-bond acceptors (Lipinski definition) is 4. The van der Waals surface area contributed by atoms with E-state index in [1.807, 2.05) is 0 Å². The molecule has 0 bridgehead atoms. The molecule has 0 N–H and O–H groups in total. The van der Waals surface area contributed by atoms with Gasteiger partial charge < -0.3 is 4.74 Å². The molecule has 5 nitrogen and oxygen atoms in total. The van der Waals surface area contributed by atoms with Gasteiger partial charge in [-0.1, -0.05) is 0 Å². The molecule has 0 aliphatic rings. The topological polar surface area (TPSA) is 63.7 Å². The van der Waals surface area contributed by atoms with E-state index in [0.717, 1.165) is 16.6 Å². The Labute approximate surface area is 118 Å². The van der Waals surface area contributed by atoms with Gasteiger partial charge in [0, 0.05) is 0 Å². The zero-order chi connectivity index (χ0) is 15.5. The van der Waals surface area contributed by atoms with Gasteiger partial charge in [0.15, 0.2) is 0 Å². The summed E-state index contributed by atoms with van der Waals surface area (Å²) in [6.07, 6.45) is 0.646. The van der Waals surface area contributed by atoms with Gasteiger partial charge in [-0.15, -0.1) is 0 Å². The Morgan fingerprint density at radius 3 is 2.45 bits per heavy atom. The Bertz CT molecular complexity index is 598. The van der Waals surface area contributed by atoms with Crippen LogP contribution in [0, 0.1) is 12.7 Å². The monoisotopic (exact) mass is 303 g/mol. The van der Waals surface area contributed by atoms with E-state index in [2.05, 4.69) is 0 Å². The predicted molar refractivity (Wildman–Crippen MR) is 74.6 cm³/mol.